The molecule has 1 unspecified atom stereocenters. The molecule has 0 bridgehead atoms. The van der Waals surface area contributed by atoms with E-state index in [1.54, 1.807) is 12.1 Å². The summed E-state index contributed by atoms with van der Waals surface area (Å²) in [7, 11) is 0. The molecular formula is C18H25F3N2O. The van der Waals surface area contributed by atoms with Gasteiger partial charge in [0.25, 0.3) is 0 Å². The van der Waals surface area contributed by atoms with Crippen LogP contribution in [0.2, 0.25) is 0 Å². The zero-order valence-electron chi connectivity index (χ0n) is 14.1. The van der Waals surface area contributed by atoms with Gasteiger partial charge in [0.2, 0.25) is 0 Å². The summed E-state index contributed by atoms with van der Waals surface area (Å²) in [5.41, 5.74) is 0.226. The van der Waals surface area contributed by atoms with Crippen molar-refractivity contribution in [3.63, 3.8) is 0 Å². The lowest BCUT2D eigenvalue weighted by atomic mass is 9.95. The van der Waals surface area contributed by atoms with E-state index < -0.39 is 11.7 Å². The summed E-state index contributed by atoms with van der Waals surface area (Å²) in [6, 6.07) is 5.48. The van der Waals surface area contributed by atoms with Crippen molar-refractivity contribution in [3.05, 3.63) is 29.8 Å². The van der Waals surface area contributed by atoms with Crippen molar-refractivity contribution < 1.29 is 17.9 Å². The first kappa shape index (κ1) is 17.5. The number of ether oxygens (including phenoxy) is 1. The highest BCUT2D eigenvalue weighted by atomic mass is 19.4. The van der Waals surface area contributed by atoms with Crippen molar-refractivity contribution >= 4 is 5.69 Å². The fourth-order valence-electron chi connectivity index (χ4n) is 3.61. The van der Waals surface area contributed by atoms with E-state index in [2.05, 4.69) is 16.7 Å². The van der Waals surface area contributed by atoms with Crippen molar-refractivity contribution in [1.82, 2.24) is 4.90 Å². The van der Waals surface area contributed by atoms with Gasteiger partial charge in [-0.3, -0.25) is 4.90 Å². The first-order valence-corrected chi connectivity index (χ1v) is 8.64. The van der Waals surface area contributed by atoms with Crippen LogP contribution in [-0.2, 0) is 10.9 Å². The molecule has 1 aromatic carbocycles. The van der Waals surface area contributed by atoms with Crippen LogP contribution >= 0.6 is 0 Å². The highest BCUT2D eigenvalue weighted by Gasteiger charge is 2.32. The molecule has 3 nitrogen and oxygen atoms in total. The van der Waals surface area contributed by atoms with Crippen LogP contribution in [0.15, 0.2) is 24.3 Å². The third kappa shape index (κ3) is 4.22. The molecule has 24 heavy (non-hydrogen) atoms. The monoisotopic (exact) mass is 342 g/mol. The lowest BCUT2D eigenvalue weighted by molar-refractivity contribution is -0.137. The highest BCUT2D eigenvalue weighted by Crippen LogP contribution is 2.31. The van der Waals surface area contributed by atoms with Crippen LogP contribution in [0.3, 0.4) is 0 Å². The SMILES string of the molecule is CC1(CN2CCN(c3ccc(C(F)(F)F)cc3)CC2)CCCCO1. The second-order valence-electron chi connectivity index (χ2n) is 7.06. The summed E-state index contributed by atoms with van der Waals surface area (Å²) < 4.78 is 43.9. The van der Waals surface area contributed by atoms with Crippen LogP contribution < -0.4 is 4.90 Å². The molecule has 1 aromatic rings. The van der Waals surface area contributed by atoms with E-state index in [0.717, 1.165) is 57.9 Å². The Morgan fingerprint density at radius 3 is 2.25 bits per heavy atom. The molecule has 2 saturated heterocycles. The lowest BCUT2D eigenvalue weighted by Crippen LogP contribution is -2.52. The van der Waals surface area contributed by atoms with E-state index in [4.69, 9.17) is 4.74 Å². The van der Waals surface area contributed by atoms with Gasteiger partial charge < -0.3 is 9.64 Å². The summed E-state index contributed by atoms with van der Waals surface area (Å²) in [4.78, 5) is 4.56. The van der Waals surface area contributed by atoms with Crippen LogP contribution in [0.1, 0.15) is 31.7 Å². The Kier molecular flexibility index (Phi) is 5.06. The van der Waals surface area contributed by atoms with Crippen molar-refractivity contribution in [2.45, 2.75) is 38.0 Å². The Labute approximate surface area is 141 Å². The minimum absolute atomic E-state index is 0.0468. The van der Waals surface area contributed by atoms with E-state index >= 15 is 0 Å². The first-order valence-electron chi connectivity index (χ1n) is 8.64. The van der Waals surface area contributed by atoms with Crippen molar-refractivity contribution in [2.24, 2.45) is 0 Å². The Hall–Kier alpha value is -1.27. The summed E-state index contributed by atoms with van der Waals surface area (Å²) in [6.45, 7) is 7.48. The second-order valence-corrected chi connectivity index (χ2v) is 7.06. The molecule has 3 rings (SSSR count). The van der Waals surface area contributed by atoms with E-state index in [-0.39, 0.29) is 5.60 Å². The van der Waals surface area contributed by atoms with Crippen molar-refractivity contribution in [2.75, 3.05) is 44.2 Å². The predicted molar refractivity (Wildman–Crippen MR) is 88.3 cm³/mol. The van der Waals surface area contributed by atoms with Gasteiger partial charge in [-0.15, -0.1) is 0 Å². The minimum Gasteiger partial charge on any atom is -0.374 e. The molecule has 2 heterocycles. The summed E-state index contributed by atoms with van der Waals surface area (Å²) in [5.74, 6) is 0. The molecule has 1 atom stereocenters. The summed E-state index contributed by atoms with van der Waals surface area (Å²) in [6.07, 6.45) is -0.794. The average molecular weight is 342 g/mol. The maximum Gasteiger partial charge on any atom is 0.416 e. The Morgan fingerprint density at radius 1 is 1.04 bits per heavy atom. The molecule has 0 aliphatic carbocycles. The molecular weight excluding hydrogens is 317 g/mol. The smallest absolute Gasteiger partial charge is 0.374 e. The summed E-state index contributed by atoms with van der Waals surface area (Å²) >= 11 is 0. The largest absolute Gasteiger partial charge is 0.416 e. The molecule has 0 N–H and O–H groups in total. The van der Waals surface area contributed by atoms with Gasteiger partial charge in [0.05, 0.1) is 11.2 Å². The molecule has 0 spiro atoms. The van der Waals surface area contributed by atoms with Crippen LogP contribution in [0.4, 0.5) is 18.9 Å². The number of hydrogen-bond acceptors (Lipinski definition) is 3. The fourth-order valence-corrected chi connectivity index (χ4v) is 3.61. The zero-order valence-corrected chi connectivity index (χ0v) is 14.1. The maximum atomic E-state index is 12.6. The predicted octanol–water partition coefficient (Wildman–Crippen LogP) is 3.79. The van der Waals surface area contributed by atoms with Gasteiger partial charge in [0, 0.05) is 45.0 Å². The van der Waals surface area contributed by atoms with Gasteiger partial charge >= 0.3 is 6.18 Å². The minimum atomic E-state index is -4.27. The van der Waals surface area contributed by atoms with Crippen LogP contribution in [-0.4, -0.2) is 49.8 Å². The fraction of sp³-hybridized carbons (Fsp3) is 0.667. The maximum absolute atomic E-state index is 12.6. The normalized spacial score (nSPS) is 26.6. The van der Waals surface area contributed by atoms with E-state index in [0.29, 0.717) is 0 Å². The molecule has 0 radical (unpaired) electrons. The molecule has 0 amide bonds. The van der Waals surface area contributed by atoms with Crippen molar-refractivity contribution in [3.8, 4) is 0 Å². The van der Waals surface area contributed by atoms with Crippen LogP contribution in [0.25, 0.3) is 0 Å². The molecule has 0 saturated carbocycles. The van der Waals surface area contributed by atoms with E-state index in [1.807, 2.05) is 0 Å². The van der Waals surface area contributed by atoms with Gasteiger partial charge in [-0.25, -0.2) is 0 Å². The Bertz CT molecular complexity index is 530. The average Bonchev–Trinajstić information content (AvgIpc) is 2.55. The van der Waals surface area contributed by atoms with Gasteiger partial charge in [0.15, 0.2) is 0 Å². The highest BCUT2D eigenvalue weighted by molar-refractivity contribution is 5.48. The van der Waals surface area contributed by atoms with E-state index in [1.165, 1.54) is 18.6 Å². The topological polar surface area (TPSA) is 15.7 Å². The molecule has 6 heteroatoms. The lowest BCUT2D eigenvalue weighted by Gasteiger charge is -2.42. The van der Waals surface area contributed by atoms with E-state index in [9.17, 15) is 13.2 Å². The zero-order chi connectivity index (χ0) is 17.2. The standard InChI is InChI=1S/C18H25F3N2O/c1-17(8-2-3-13-24-17)14-22-9-11-23(12-10-22)16-6-4-15(5-7-16)18(19,20)21/h4-7H,2-3,8-14H2,1H3. The number of halogens is 3. The number of nitrogens with zero attached hydrogens (tertiary/aromatic N) is 2. The quantitative estimate of drug-likeness (QED) is 0.831. The third-order valence-electron chi connectivity index (χ3n) is 5.04. The molecule has 0 aromatic heterocycles. The second kappa shape index (κ2) is 6.92. The van der Waals surface area contributed by atoms with Gasteiger partial charge in [-0.2, -0.15) is 13.2 Å². The third-order valence-corrected chi connectivity index (χ3v) is 5.04. The summed E-state index contributed by atoms with van der Waals surface area (Å²) in [5, 5.41) is 0. The van der Waals surface area contributed by atoms with Gasteiger partial charge in [0.1, 0.15) is 0 Å². The molecule has 134 valence electrons. The Balaban J connectivity index is 1.53. The molecule has 2 aliphatic rings. The van der Waals surface area contributed by atoms with Crippen LogP contribution in [0, 0.1) is 0 Å². The molecule has 2 aliphatic heterocycles. The number of benzene rings is 1. The van der Waals surface area contributed by atoms with Crippen LogP contribution in [0.5, 0.6) is 0 Å². The number of piperazine rings is 1. The number of hydrogen-bond donors (Lipinski definition) is 0. The molecule has 2 fully saturated rings. The number of rotatable bonds is 3. The van der Waals surface area contributed by atoms with Crippen molar-refractivity contribution in [1.29, 1.82) is 0 Å². The first-order chi connectivity index (χ1) is 11.4. The number of alkyl halides is 3. The van der Waals surface area contributed by atoms with Gasteiger partial charge in [-0.05, 0) is 50.5 Å². The van der Waals surface area contributed by atoms with Gasteiger partial charge in [-0.1, -0.05) is 0 Å². The Morgan fingerprint density at radius 2 is 1.71 bits per heavy atom. The number of anilines is 1.